The summed E-state index contributed by atoms with van der Waals surface area (Å²) in [6.45, 7) is 0.926. The van der Waals surface area contributed by atoms with Crippen LogP contribution in [0.3, 0.4) is 0 Å². The Labute approximate surface area is 143 Å². The van der Waals surface area contributed by atoms with E-state index in [-0.39, 0.29) is 5.75 Å². The van der Waals surface area contributed by atoms with Crippen LogP contribution >= 0.6 is 11.6 Å². The van der Waals surface area contributed by atoms with E-state index >= 15 is 0 Å². The lowest BCUT2D eigenvalue weighted by Crippen LogP contribution is -2.24. The van der Waals surface area contributed by atoms with Crippen LogP contribution in [0.25, 0.3) is 0 Å². The van der Waals surface area contributed by atoms with Crippen LogP contribution in [0.1, 0.15) is 5.56 Å². The summed E-state index contributed by atoms with van der Waals surface area (Å²) in [7, 11) is 0. The maximum absolute atomic E-state index is 13.0. The largest absolute Gasteiger partial charge is 0.482 e. The molecule has 7 heteroatoms. The third-order valence-corrected chi connectivity index (χ3v) is 3.23. The van der Waals surface area contributed by atoms with Crippen molar-refractivity contribution in [1.29, 1.82) is 0 Å². The summed E-state index contributed by atoms with van der Waals surface area (Å²) in [6, 6.07) is 10.4. The second kappa shape index (κ2) is 8.31. The van der Waals surface area contributed by atoms with Gasteiger partial charge in [0.1, 0.15) is 11.6 Å². The minimum Gasteiger partial charge on any atom is -0.482 e. The molecule has 2 rings (SSSR count). The number of ether oxygens (including phenoxy) is 2. The average Bonchev–Trinajstić information content (AvgIpc) is 2.54. The molecule has 0 radical (unpaired) electrons. The number of benzene rings is 2. The molecule has 0 aliphatic rings. The molecule has 2 aromatic rings. The number of rotatable bonds is 6. The van der Waals surface area contributed by atoms with Gasteiger partial charge in [0, 0.05) is 16.8 Å². The molecule has 0 aliphatic carbocycles. The van der Waals surface area contributed by atoms with Crippen molar-refractivity contribution in [3.63, 3.8) is 0 Å². The van der Waals surface area contributed by atoms with Gasteiger partial charge in [-0.1, -0.05) is 23.7 Å². The predicted molar refractivity (Wildman–Crippen MR) is 87.7 cm³/mol. The zero-order valence-corrected chi connectivity index (χ0v) is 13.6. The summed E-state index contributed by atoms with van der Waals surface area (Å²) in [6.07, 6.45) is 0. The molecule has 24 heavy (non-hydrogen) atoms. The zero-order chi connectivity index (χ0) is 17.5. The van der Waals surface area contributed by atoms with E-state index in [0.29, 0.717) is 10.7 Å². The van der Waals surface area contributed by atoms with Gasteiger partial charge in [-0.2, -0.15) is 0 Å². The fraction of sp³-hybridized carbons (Fsp3) is 0.176. The third-order valence-electron chi connectivity index (χ3n) is 2.99. The highest BCUT2D eigenvalue weighted by Gasteiger charge is 2.10. The fourth-order valence-electron chi connectivity index (χ4n) is 1.80. The van der Waals surface area contributed by atoms with E-state index in [9.17, 15) is 14.0 Å². The number of carbonyl (C=O) groups excluding carboxylic acids is 2. The average molecular weight is 352 g/mol. The van der Waals surface area contributed by atoms with Gasteiger partial charge < -0.3 is 14.8 Å². The summed E-state index contributed by atoms with van der Waals surface area (Å²) in [4.78, 5) is 23.3. The Bertz CT molecular complexity index is 751. The Morgan fingerprint density at radius 1 is 1.17 bits per heavy atom. The lowest BCUT2D eigenvalue weighted by molar-refractivity contribution is -0.149. The number of carbonyl (C=O) groups is 2. The number of hydrogen-bond acceptors (Lipinski definition) is 4. The van der Waals surface area contributed by atoms with E-state index in [1.807, 2.05) is 6.92 Å². The van der Waals surface area contributed by atoms with Crippen molar-refractivity contribution in [3.05, 3.63) is 58.9 Å². The van der Waals surface area contributed by atoms with Crippen LogP contribution in [-0.2, 0) is 14.3 Å². The highest BCUT2D eigenvalue weighted by atomic mass is 35.5. The Morgan fingerprint density at radius 2 is 1.96 bits per heavy atom. The van der Waals surface area contributed by atoms with Crippen molar-refractivity contribution >= 4 is 29.2 Å². The molecule has 0 heterocycles. The summed E-state index contributed by atoms with van der Waals surface area (Å²) < 4.78 is 22.8. The summed E-state index contributed by atoms with van der Waals surface area (Å²) >= 11 is 5.86. The molecule has 1 N–H and O–H groups in total. The van der Waals surface area contributed by atoms with Crippen molar-refractivity contribution in [1.82, 2.24) is 0 Å². The zero-order valence-electron chi connectivity index (χ0n) is 12.8. The number of esters is 1. The van der Waals surface area contributed by atoms with Crippen LogP contribution in [0, 0.1) is 12.7 Å². The summed E-state index contributed by atoms with van der Waals surface area (Å²) in [5.41, 5.74) is 1.37. The molecule has 0 spiro atoms. The third kappa shape index (κ3) is 5.55. The van der Waals surface area contributed by atoms with Gasteiger partial charge in [0.05, 0.1) is 0 Å². The minimum absolute atomic E-state index is 0.200. The molecule has 0 aliphatic heterocycles. The van der Waals surface area contributed by atoms with Crippen molar-refractivity contribution in [2.45, 2.75) is 6.92 Å². The van der Waals surface area contributed by atoms with E-state index in [0.717, 1.165) is 11.6 Å². The maximum Gasteiger partial charge on any atom is 0.344 e. The highest BCUT2D eigenvalue weighted by Crippen LogP contribution is 2.20. The van der Waals surface area contributed by atoms with Gasteiger partial charge in [-0.3, -0.25) is 4.79 Å². The number of halogens is 2. The van der Waals surface area contributed by atoms with Crippen LogP contribution < -0.4 is 10.1 Å². The van der Waals surface area contributed by atoms with Gasteiger partial charge in [0.25, 0.3) is 5.91 Å². The molecule has 0 bridgehead atoms. The quantitative estimate of drug-likeness (QED) is 0.811. The van der Waals surface area contributed by atoms with E-state index in [1.54, 1.807) is 18.2 Å². The second-order valence-electron chi connectivity index (χ2n) is 4.91. The van der Waals surface area contributed by atoms with E-state index in [1.165, 1.54) is 18.2 Å². The Hall–Kier alpha value is -2.60. The molecule has 5 nitrogen and oxygen atoms in total. The van der Waals surface area contributed by atoms with Gasteiger partial charge in [0.15, 0.2) is 13.2 Å². The molecule has 126 valence electrons. The molecular weight excluding hydrogens is 337 g/mol. The first-order valence-electron chi connectivity index (χ1n) is 7.04. The Kier molecular flexibility index (Phi) is 6.14. The first-order chi connectivity index (χ1) is 11.4. The van der Waals surface area contributed by atoms with Crippen LogP contribution in [0.5, 0.6) is 5.75 Å². The molecular formula is C17H15ClFNO4. The topological polar surface area (TPSA) is 64.6 Å². The fourth-order valence-corrected chi connectivity index (χ4v) is 1.97. The van der Waals surface area contributed by atoms with Gasteiger partial charge in [0.2, 0.25) is 0 Å². The molecule has 0 aromatic heterocycles. The van der Waals surface area contributed by atoms with Crippen molar-refractivity contribution in [2.24, 2.45) is 0 Å². The normalized spacial score (nSPS) is 10.1. The minimum atomic E-state index is -0.739. The van der Waals surface area contributed by atoms with Crippen LogP contribution in [-0.4, -0.2) is 25.1 Å². The van der Waals surface area contributed by atoms with Crippen LogP contribution in [0.15, 0.2) is 42.5 Å². The second-order valence-corrected chi connectivity index (χ2v) is 5.35. The SMILES string of the molecule is Cc1ccc(Cl)cc1NC(=O)COC(=O)COc1cccc(F)c1. The van der Waals surface area contributed by atoms with Gasteiger partial charge in [-0.05, 0) is 36.8 Å². The Morgan fingerprint density at radius 3 is 2.71 bits per heavy atom. The predicted octanol–water partition coefficient (Wildman–Crippen LogP) is 3.35. The van der Waals surface area contributed by atoms with Crippen LogP contribution in [0.2, 0.25) is 5.02 Å². The molecule has 0 atom stereocenters. The standard InChI is InChI=1S/C17H15ClFNO4/c1-11-5-6-12(18)7-15(11)20-16(21)9-24-17(22)10-23-14-4-2-3-13(19)8-14/h2-8H,9-10H2,1H3,(H,20,21). The van der Waals surface area contributed by atoms with E-state index < -0.39 is 30.9 Å². The van der Waals surface area contributed by atoms with Gasteiger partial charge in [-0.15, -0.1) is 0 Å². The van der Waals surface area contributed by atoms with Gasteiger partial charge in [-0.25, -0.2) is 9.18 Å². The molecule has 0 fully saturated rings. The van der Waals surface area contributed by atoms with Crippen LogP contribution in [0.4, 0.5) is 10.1 Å². The monoisotopic (exact) mass is 351 g/mol. The highest BCUT2D eigenvalue weighted by molar-refractivity contribution is 6.31. The first-order valence-corrected chi connectivity index (χ1v) is 7.42. The number of anilines is 1. The molecule has 1 amide bonds. The molecule has 0 saturated heterocycles. The van der Waals surface area contributed by atoms with Crippen molar-refractivity contribution < 1.29 is 23.5 Å². The van der Waals surface area contributed by atoms with Crippen molar-refractivity contribution in [2.75, 3.05) is 18.5 Å². The smallest absolute Gasteiger partial charge is 0.344 e. The Balaban J connectivity index is 1.77. The first kappa shape index (κ1) is 17.7. The van der Waals surface area contributed by atoms with E-state index in [4.69, 9.17) is 21.1 Å². The maximum atomic E-state index is 13.0. The van der Waals surface area contributed by atoms with Crippen molar-refractivity contribution in [3.8, 4) is 5.75 Å². The number of amides is 1. The molecule has 0 saturated carbocycles. The van der Waals surface area contributed by atoms with E-state index in [2.05, 4.69) is 5.32 Å². The summed E-state index contributed by atoms with van der Waals surface area (Å²) in [5.74, 6) is -1.51. The summed E-state index contributed by atoms with van der Waals surface area (Å²) in [5, 5.41) is 3.08. The molecule has 2 aromatic carbocycles. The number of nitrogens with one attached hydrogen (secondary N) is 1. The van der Waals surface area contributed by atoms with Gasteiger partial charge >= 0.3 is 5.97 Å². The number of aryl methyl sites for hydroxylation is 1. The number of hydrogen-bond donors (Lipinski definition) is 1. The lowest BCUT2D eigenvalue weighted by atomic mass is 10.2. The molecule has 0 unspecified atom stereocenters. The lowest BCUT2D eigenvalue weighted by Gasteiger charge is -2.10.